The number of aromatic nitrogens is 1. The fraction of sp³-hybridized carbons (Fsp3) is 0.700. The second kappa shape index (κ2) is 8.38. The van der Waals surface area contributed by atoms with Crippen molar-refractivity contribution >= 4 is 11.8 Å². The van der Waals surface area contributed by atoms with Gasteiger partial charge < -0.3 is 15.1 Å². The second-order valence-corrected chi connectivity index (χ2v) is 8.25. The molecule has 29 heavy (non-hydrogen) atoms. The lowest BCUT2D eigenvalue weighted by Gasteiger charge is -2.38. The molecule has 1 N–H and O–H groups in total. The molecule has 6 nitrogen and oxygen atoms in total. The highest BCUT2D eigenvalue weighted by Gasteiger charge is 2.32. The van der Waals surface area contributed by atoms with E-state index < -0.39 is 11.7 Å². The van der Waals surface area contributed by atoms with Gasteiger partial charge in [0.2, 0.25) is 0 Å². The highest BCUT2D eigenvalue weighted by Crippen LogP contribution is 2.30. The van der Waals surface area contributed by atoms with Crippen molar-refractivity contribution in [2.45, 2.75) is 50.4 Å². The zero-order valence-corrected chi connectivity index (χ0v) is 16.5. The van der Waals surface area contributed by atoms with Gasteiger partial charge in [-0.15, -0.1) is 0 Å². The summed E-state index contributed by atoms with van der Waals surface area (Å²) in [6, 6.07) is 3.09. The predicted molar refractivity (Wildman–Crippen MR) is 104 cm³/mol. The van der Waals surface area contributed by atoms with Crippen LogP contribution in [0.25, 0.3) is 0 Å². The van der Waals surface area contributed by atoms with Gasteiger partial charge in [-0.3, -0.25) is 4.90 Å². The molecule has 3 heterocycles. The van der Waals surface area contributed by atoms with Crippen LogP contribution < -0.4 is 10.2 Å². The largest absolute Gasteiger partial charge is 0.417 e. The Hall–Kier alpha value is -2.03. The minimum atomic E-state index is -4.38. The molecule has 1 aliphatic carbocycles. The third kappa shape index (κ3) is 4.76. The number of amides is 2. The van der Waals surface area contributed by atoms with Crippen LogP contribution in [0.2, 0.25) is 0 Å². The molecule has 160 valence electrons. The van der Waals surface area contributed by atoms with Crippen molar-refractivity contribution in [3.8, 4) is 0 Å². The van der Waals surface area contributed by atoms with Crippen LogP contribution in [0.4, 0.5) is 23.8 Å². The van der Waals surface area contributed by atoms with Crippen molar-refractivity contribution in [1.82, 2.24) is 20.1 Å². The first-order valence-electron chi connectivity index (χ1n) is 10.5. The van der Waals surface area contributed by atoms with E-state index in [9.17, 15) is 18.0 Å². The third-order valence-corrected chi connectivity index (χ3v) is 6.36. The van der Waals surface area contributed by atoms with Gasteiger partial charge in [-0.2, -0.15) is 13.2 Å². The lowest BCUT2D eigenvalue weighted by molar-refractivity contribution is -0.137. The van der Waals surface area contributed by atoms with Crippen LogP contribution in [0.5, 0.6) is 0 Å². The van der Waals surface area contributed by atoms with Gasteiger partial charge in [0.05, 0.1) is 5.56 Å². The molecule has 1 aromatic heterocycles. The molecule has 0 aromatic carbocycles. The summed E-state index contributed by atoms with van der Waals surface area (Å²) >= 11 is 0. The Kier molecular flexibility index (Phi) is 5.85. The molecule has 4 rings (SSSR count). The van der Waals surface area contributed by atoms with Gasteiger partial charge in [0.25, 0.3) is 0 Å². The van der Waals surface area contributed by atoms with Crippen LogP contribution in [0.1, 0.15) is 37.7 Å². The molecule has 1 unspecified atom stereocenters. The van der Waals surface area contributed by atoms with Crippen LogP contribution >= 0.6 is 0 Å². The monoisotopic (exact) mass is 411 g/mol. The van der Waals surface area contributed by atoms with Gasteiger partial charge in [0.15, 0.2) is 0 Å². The molecule has 3 fully saturated rings. The summed E-state index contributed by atoms with van der Waals surface area (Å²) in [4.78, 5) is 22.9. The molecule has 3 aliphatic rings. The van der Waals surface area contributed by atoms with Crippen LogP contribution in [-0.4, -0.2) is 72.2 Å². The number of nitrogens with zero attached hydrogens (tertiary/aromatic N) is 4. The van der Waals surface area contributed by atoms with Gasteiger partial charge in [-0.1, -0.05) is 12.8 Å². The molecule has 1 atom stereocenters. The maximum atomic E-state index is 12.7. The average molecular weight is 411 g/mol. The van der Waals surface area contributed by atoms with E-state index in [1.54, 1.807) is 0 Å². The summed E-state index contributed by atoms with van der Waals surface area (Å²) in [5.74, 6) is 0.514. The summed E-state index contributed by atoms with van der Waals surface area (Å²) in [5, 5.41) is 3.09. The van der Waals surface area contributed by atoms with Crippen molar-refractivity contribution in [2.24, 2.45) is 0 Å². The zero-order valence-electron chi connectivity index (χ0n) is 16.5. The normalized spacial score (nSPS) is 24.3. The van der Waals surface area contributed by atoms with Gasteiger partial charge in [-0.05, 0) is 31.4 Å². The summed E-state index contributed by atoms with van der Waals surface area (Å²) in [7, 11) is 0. The summed E-state index contributed by atoms with van der Waals surface area (Å²) < 4.78 is 38.0. The fourth-order valence-electron chi connectivity index (χ4n) is 4.65. The summed E-state index contributed by atoms with van der Waals surface area (Å²) in [6.45, 7) is 4.60. The van der Waals surface area contributed by atoms with E-state index in [0.717, 1.165) is 44.9 Å². The fourth-order valence-corrected chi connectivity index (χ4v) is 4.65. The maximum Gasteiger partial charge on any atom is 0.417 e. The van der Waals surface area contributed by atoms with Crippen molar-refractivity contribution < 1.29 is 18.0 Å². The van der Waals surface area contributed by atoms with E-state index in [-0.39, 0.29) is 12.1 Å². The molecule has 0 radical (unpaired) electrons. The quantitative estimate of drug-likeness (QED) is 0.831. The van der Waals surface area contributed by atoms with Crippen molar-refractivity contribution in [3.63, 3.8) is 0 Å². The lowest BCUT2D eigenvalue weighted by atomic mass is 10.2. The van der Waals surface area contributed by atoms with E-state index in [2.05, 4.69) is 15.2 Å². The zero-order chi connectivity index (χ0) is 20.4. The van der Waals surface area contributed by atoms with Crippen LogP contribution in [-0.2, 0) is 6.18 Å². The molecule has 2 amide bonds. The van der Waals surface area contributed by atoms with Gasteiger partial charge in [-0.25, -0.2) is 9.78 Å². The SMILES string of the molecule is O=C(NC1CCN(c2ccc(C(F)(F)F)cn2)C1)N1CCN(C2CCCC2)CC1. The van der Waals surface area contributed by atoms with E-state index in [4.69, 9.17) is 0 Å². The summed E-state index contributed by atoms with van der Waals surface area (Å²) in [6.07, 6.45) is 2.44. The Labute approximate surface area is 169 Å². The Morgan fingerprint density at radius 3 is 2.38 bits per heavy atom. The van der Waals surface area contributed by atoms with E-state index in [1.165, 1.54) is 31.7 Å². The smallest absolute Gasteiger partial charge is 0.354 e. The Bertz CT molecular complexity index is 697. The van der Waals surface area contributed by atoms with E-state index in [1.807, 2.05) is 9.80 Å². The molecular formula is C20H28F3N5O. The van der Waals surface area contributed by atoms with E-state index >= 15 is 0 Å². The standard InChI is InChI=1S/C20H28F3N5O/c21-20(22,23)15-5-6-18(24-13-15)28-8-7-16(14-28)25-19(29)27-11-9-26(10-12-27)17-3-1-2-4-17/h5-6,13,16-17H,1-4,7-12,14H2,(H,25,29). The van der Waals surface area contributed by atoms with Crippen LogP contribution in [0.3, 0.4) is 0 Å². The van der Waals surface area contributed by atoms with Crippen LogP contribution in [0, 0.1) is 0 Å². The first-order chi connectivity index (χ1) is 13.9. The number of alkyl halides is 3. The highest BCUT2D eigenvalue weighted by atomic mass is 19.4. The summed E-state index contributed by atoms with van der Waals surface area (Å²) in [5.41, 5.74) is -0.748. The Morgan fingerprint density at radius 1 is 1.03 bits per heavy atom. The number of carbonyl (C=O) groups is 1. The first-order valence-corrected chi connectivity index (χ1v) is 10.5. The second-order valence-electron chi connectivity index (χ2n) is 8.25. The third-order valence-electron chi connectivity index (χ3n) is 6.36. The highest BCUT2D eigenvalue weighted by molar-refractivity contribution is 5.74. The molecule has 2 saturated heterocycles. The van der Waals surface area contributed by atoms with Crippen molar-refractivity contribution in [1.29, 1.82) is 0 Å². The molecule has 1 aromatic rings. The van der Waals surface area contributed by atoms with Crippen molar-refractivity contribution in [2.75, 3.05) is 44.2 Å². The molecule has 2 aliphatic heterocycles. The van der Waals surface area contributed by atoms with Crippen molar-refractivity contribution in [3.05, 3.63) is 23.9 Å². The number of hydrogen-bond donors (Lipinski definition) is 1. The minimum Gasteiger partial charge on any atom is -0.354 e. The number of anilines is 1. The number of hydrogen-bond acceptors (Lipinski definition) is 4. The number of piperazine rings is 1. The average Bonchev–Trinajstić information content (AvgIpc) is 3.40. The number of urea groups is 1. The molecular weight excluding hydrogens is 383 g/mol. The van der Waals surface area contributed by atoms with Gasteiger partial charge >= 0.3 is 12.2 Å². The number of pyridine rings is 1. The lowest BCUT2D eigenvalue weighted by Crippen LogP contribution is -2.55. The van der Waals surface area contributed by atoms with Gasteiger partial charge in [0.1, 0.15) is 5.82 Å². The predicted octanol–water partition coefficient (Wildman–Crippen LogP) is 2.95. The number of halogens is 3. The maximum absolute atomic E-state index is 12.7. The van der Waals surface area contributed by atoms with Gasteiger partial charge in [0, 0.05) is 57.5 Å². The Balaban J connectivity index is 1.24. The minimum absolute atomic E-state index is 0.0144. The molecule has 1 saturated carbocycles. The number of rotatable bonds is 3. The number of carbonyl (C=O) groups excluding carboxylic acids is 1. The topological polar surface area (TPSA) is 51.7 Å². The van der Waals surface area contributed by atoms with E-state index in [0.29, 0.717) is 24.9 Å². The van der Waals surface area contributed by atoms with Crippen LogP contribution in [0.15, 0.2) is 18.3 Å². The molecule has 0 bridgehead atoms. The molecule has 0 spiro atoms. The number of nitrogens with one attached hydrogen (secondary N) is 1. The Morgan fingerprint density at radius 2 is 1.76 bits per heavy atom. The first kappa shape index (κ1) is 20.3. The molecule has 9 heteroatoms.